The van der Waals surface area contributed by atoms with Gasteiger partial charge in [0.1, 0.15) is 5.82 Å². The van der Waals surface area contributed by atoms with Gasteiger partial charge in [0, 0.05) is 29.1 Å². The maximum absolute atomic E-state index is 5.52. The van der Waals surface area contributed by atoms with Crippen molar-refractivity contribution in [3.8, 4) is 11.3 Å². The SMILES string of the molecule is Cc1c[nH]c2ccc(-c3cnc(CCN)[nH]3)cc12. The zero-order chi connectivity index (χ0) is 12.5. The van der Waals surface area contributed by atoms with Gasteiger partial charge in [0.2, 0.25) is 0 Å². The van der Waals surface area contributed by atoms with Crippen LogP contribution in [0.5, 0.6) is 0 Å². The van der Waals surface area contributed by atoms with E-state index in [9.17, 15) is 0 Å². The van der Waals surface area contributed by atoms with E-state index in [1.54, 1.807) is 0 Å². The van der Waals surface area contributed by atoms with Crippen molar-refractivity contribution >= 4 is 10.9 Å². The first kappa shape index (κ1) is 11.0. The summed E-state index contributed by atoms with van der Waals surface area (Å²) in [5, 5.41) is 1.25. The van der Waals surface area contributed by atoms with Crippen molar-refractivity contribution in [1.82, 2.24) is 15.0 Å². The lowest BCUT2D eigenvalue weighted by molar-refractivity contribution is 0.895. The van der Waals surface area contributed by atoms with Gasteiger partial charge in [0.15, 0.2) is 0 Å². The van der Waals surface area contributed by atoms with E-state index in [4.69, 9.17) is 5.73 Å². The molecule has 0 amide bonds. The number of aryl methyl sites for hydroxylation is 1. The van der Waals surface area contributed by atoms with Crippen LogP contribution in [0.3, 0.4) is 0 Å². The van der Waals surface area contributed by atoms with Gasteiger partial charge in [-0.1, -0.05) is 6.07 Å². The highest BCUT2D eigenvalue weighted by Gasteiger charge is 2.05. The fourth-order valence-electron chi connectivity index (χ4n) is 2.20. The molecule has 0 fully saturated rings. The van der Waals surface area contributed by atoms with Crippen molar-refractivity contribution in [2.45, 2.75) is 13.3 Å². The second kappa shape index (κ2) is 4.31. The van der Waals surface area contributed by atoms with Crippen LogP contribution in [0, 0.1) is 6.92 Å². The van der Waals surface area contributed by atoms with E-state index in [0.717, 1.165) is 29.0 Å². The Hall–Kier alpha value is -2.07. The first-order valence-corrected chi connectivity index (χ1v) is 6.10. The second-order valence-corrected chi connectivity index (χ2v) is 4.51. The molecular formula is C14H16N4. The fourth-order valence-corrected chi connectivity index (χ4v) is 2.20. The summed E-state index contributed by atoms with van der Waals surface area (Å²) in [6.07, 6.45) is 4.68. The average molecular weight is 240 g/mol. The van der Waals surface area contributed by atoms with E-state index in [1.807, 2.05) is 12.4 Å². The summed E-state index contributed by atoms with van der Waals surface area (Å²) in [6, 6.07) is 6.38. The molecule has 2 aromatic heterocycles. The number of nitrogens with zero attached hydrogens (tertiary/aromatic N) is 1. The van der Waals surface area contributed by atoms with Crippen molar-refractivity contribution in [2.75, 3.05) is 6.54 Å². The maximum atomic E-state index is 5.52. The minimum atomic E-state index is 0.614. The van der Waals surface area contributed by atoms with E-state index >= 15 is 0 Å². The Morgan fingerprint density at radius 1 is 1.33 bits per heavy atom. The van der Waals surface area contributed by atoms with Crippen LogP contribution in [0.2, 0.25) is 0 Å². The number of hydrogen-bond acceptors (Lipinski definition) is 2. The summed E-state index contributed by atoms with van der Waals surface area (Å²) < 4.78 is 0. The number of nitrogens with one attached hydrogen (secondary N) is 2. The van der Waals surface area contributed by atoms with Gasteiger partial charge in [-0.15, -0.1) is 0 Å². The predicted octanol–water partition coefficient (Wildman–Crippen LogP) is 2.37. The molecule has 0 saturated carbocycles. The number of imidazole rings is 1. The number of aromatic nitrogens is 3. The highest BCUT2D eigenvalue weighted by molar-refractivity contribution is 5.87. The van der Waals surface area contributed by atoms with E-state index in [2.05, 4.69) is 40.1 Å². The molecule has 0 aliphatic rings. The number of hydrogen-bond donors (Lipinski definition) is 3. The first-order chi connectivity index (χ1) is 8.78. The third-order valence-electron chi connectivity index (χ3n) is 3.21. The maximum Gasteiger partial charge on any atom is 0.107 e. The van der Waals surface area contributed by atoms with Crippen LogP contribution in [-0.4, -0.2) is 21.5 Å². The third-order valence-corrected chi connectivity index (χ3v) is 3.21. The van der Waals surface area contributed by atoms with E-state index in [0.29, 0.717) is 6.54 Å². The lowest BCUT2D eigenvalue weighted by Crippen LogP contribution is -2.03. The average Bonchev–Trinajstić information content (AvgIpc) is 2.98. The zero-order valence-corrected chi connectivity index (χ0v) is 10.3. The molecule has 92 valence electrons. The number of nitrogens with two attached hydrogens (primary N) is 1. The molecule has 0 saturated heterocycles. The van der Waals surface area contributed by atoms with Crippen molar-refractivity contribution in [3.05, 3.63) is 42.0 Å². The summed E-state index contributed by atoms with van der Waals surface area (Å²) in [6.45, 7) is 2.72. The van der Waals surface area contributed by atoms with Crippen LogP contribution in [0.15, 0.2) is 30.6 Å². The molecule has 4 N–H and O–H groups in total. The fraction of sp³-hybridized carbons (Fsp3) is 0.214. The van der Waals surface area contributed by atoms with Gasteiger partial charge in [-0.25, -0.2) is 4.98 Å². The minimum absolute atomic E-state index is 0.614. The van der Waals surface area contributed by atoms with Gasteiger partial charge >= 0.3 is 0 Å². The lowest BCUT2D eigenvalue weighted by atomic mass is 10.1. The van der Waals surface area contributed by atoms with Gasteiger partial charge in [-0.3, -0.25) is 0 Å². The molecule has 18 heavy (non-hydrogen) atoms. The molecule has 4 heteroatoms. The van der Waals surface area contributed by atoms with Crippen molar-refractivity contribution in [1.29, 1.82) is 0 Å². The Bertz CT molecular complexity index is 678. The Balaban J connectivity index is 2.04. The summed E-state index contributed by atoms with van der Waals surface area (Å²) >= 11 is 0. The van der Waals surface area contributed by atoms with Gasteiger partial charge in [-0.05, 0) is 31.2 Å². The smallest absolute Gasteiger partial charge is 0.107 e. The second-order valence-electron chi connectivity index (χ2n) is 4.51. The van der Waals surface area contributed by atoms with Crippen molar-refractivity contribution in [3.63, 3.8) is 0 Å². The highest BCUT2D eigenvalue weighted by atomic mass is 14.9. The number of fused-ring (bicyclic) bond motifs is 1. The zero-order valence-electron chi connectivity index (χ0n) is 10.3. The summed E-state index contributed by atoms with van der Waals surface area (Å²) in [5.41, 5.74) is 10.1. The van der Waals surface area contributed by atoms with Gasteiger partial charge in [0.05, 0.1) is 11.9 Å². The van der Waals surface area contributed by atoms with E-state index in [1.165, 1.54) is 10.9 Å². The predicted molar refractivity (Wildman–Crippen MR) is 73.4 cm³/mol. The van der Waals surface area contributed by atoms with Crippen molar-refractivity contribution in [2.24, 2.45) is 5.73 Å². The van der Waals surface area contributed by atoms with Gasteiger partial charge < -0.3 is 15.7 Å². The Kier molecular flexibility index (Phi) is 2.64. The molecule has 2 heterocycles. The van der Waals surface area contributed by atoms with Crippen LogP contribution in [0.1, 0.15) is 11.4 Å². The standard InChI is InChI=1S/C14H16N4/c1-9-7-16-12-3-2-10(6-11(9)12)13-8-17-14(18-13)4-5-15/h2-3,6-8,16H,4-5,15H2,1H3,(H,17,18). The number of H-pyrrole nitrogens is 2. The Labute approximate surface area is 105 Å². The monoisotopic (exact) mass is 240 g/mol. The van der Waals surface area contributed by atoms with Gasteiger partial charge in [-0.2, -0.15) is 0 Å². The molecule has 0 bridgehead atoms. The van der Waals surface area contributed by atoms with Gasteiger partial charge in [0.25, 0.3) is 0 Å². The molecule has 0 spiro atoms. The van der Waals surface area contributed by atoms with Crippen LogP contribution in [0.4, 0.5) is 0 Å². The third kappa shape index (κ3) is 1.80. The molecule has 4 nitrogen and oxygen atoms in total. The summed E-state index contributed by atoms with van der Waals surface area (Å²) in [4.78, 5) is 10.9. The normalized spacial score (nSPS) is 11.2. The molecule has 0 atom stereocenters. The topological polar surface area (TPSA) is 70.5 Å². The molecule has 0 unspecified atom stereocenters. The summed E-state index contributed by atoms with van der Waals surface area (Å²) in [5.74, 6) is 0.943. The van der Waals surface area contributed by atoms with Crippen LogP contribution in [0.25, 0.3) is 22.2 Å². The number of rotatable bonds is 3. The van der Waals surface area contributed by atoms with E-state index < -0.39 is 0 Å². The number of aromatic amines is 2. The molecule has 1 aromatic carbocycles. The van der Waals surface area contributed by atoms with Crippen LogP contribution in [-0.2, 0) is 6.42 Å². The molecule has 0 aliphatic heterocycles. The Morgan fingerprint density at radius 3 is 3.06 bits per heavy atom. The highest BCUT2D eigenvalue weighted by Crippen LogP contribution is 2.24. The molecule has 0 radical (unpaired) electrons. The molecule has 3 rings (SSSR count). The quantitative estimate of drug-likeness (QED) is 0.657. The first-order valence-electron chi connectivity index (χ1n) is 6.10. The largest absolute Gasteiger partial charge is 0.361 e. The number of benzene rings is 1. The lowest BCUT2D eigenvalue weighted by Gasteiger charge is -1.99. The van der Waals surface area contributed by atoms with E-state index in [-0.39, 0.29) is 0 Å². The van der Waals surface area contributed by atoms with Crippen molar-refractivity contribution < 1.29 is 0 Å². The van der Waals surface area contributed by atoms with Crippen LogP contribution < -0.4 is 5.73 Å². The molecule has 0 aliphatic carbocycles. The van der Waals surface area contributed by atoms with Crippen LogP contribution >= 0.6 is 0 Å². The molecule has 3 aromatic rings. The Morgan fingerprint density at radius 2 is 2.22 bits per heavy atom. The minimum Gasteiger partial charge on any atom is -0.361 e. The molecular weight excluding hydrogens is 224 g/mol. The summed E-state index contributed by atoms with van der Waals surface area (Å²) in [7, 11) is 0.